The molecule has 0 atom stereocenters. The van der Waals surface area contributed by atoms with Crippen molar-refractivity contribution in [3.8, 4) is 0 Å². The van der Waals surface area contributed by atoms with Crippen molar-refractivity contribution in [3.05, 3.63) is 39.5 Å². The van der Waals surface area contributed by atoms with E-state index in [4.69, 9.17) is 33.4 Å². The van der Waals surface area contributed by atoms with Crippen molar-refractivity contribution in [2.75, 3.05) is 0 Å². The Balaban J connectivity index is 2.94. The highest BCUT2D eigenvalue weighted by Gasteiger charge is 2.17. The first-order chi connectivity index (χ1) is 8.40. The number of aromatic carboxylic acids is 2. The van der Waals surface area contributed by atoms with Crippen LogP contribution in [-0.4, -0.2) is 27.1 Å². The average Bonchev–Trinajstić information content (AvgIpc) is 2.27. The van der Waals surface area contributed by atoms with E-state index >= 15 is 0 Å². The van der Waals surface area contributed by atoms with E-state index in [1.54, 1.807) is 0 Å². The minimum Gasteiger partial charge on any atom is -0.478 e. The first-order valence-electron chi connectivity index (χ1n) is 4.66. The van der Waals surface area contributed by atoms with Crippen molar-refractivity contribution in [1.82, 2.24) is 4.98 Å². The molecule has 5 nitrogen and oxygen atoms in total. The molecule has 0 amide bonds. The fraction of sp³-hybridized carbons (Fsp3) is 0. The largest absolute Gasteiger partial charge is 0.478 e. The fourth-order valence-corrected chi connectivity index (χ4v) is 2.07. The van der Waals surface area contributed by atoms with Crippen LogP contribution in [0.4, 0.5) is 0 Å². The van der Waals surface area contributed by atoms with Gasteiger partial charge in [-0.3, -0.25) is 0 Å². The van der Waals surface area contributed by atoms with Crippen molar-refractivity contribution < 1.29 is 19.8 Å². The Kier molecular flexibility index (Phi) is 3.11. The van der Waals surface area contributed by atoms with Crippen LogP contribution in [0, 0.1) is 0 Å². The molecule has 7 heteroatoms. The van der Waals surface area contributed by atoms with Crippen LogP contribution >= 0.6 is 23.2 Å². The van der Waals surface area contributed by atoms with Gasteiger partial charge in [-0.2, -0.15) is 0 Å². The summed E-state index contributed by atoms with van der Waals surface area (Å²) < 4.78 is 0. The van der Waals surface area contributed by atoms with Crippen LogP contribution in [0.2, 0.25) is 10.0 Å². The lowest BCUT2D eigenvalue weighted by atomic mass is 10.1. The van der Waals surface area contributed by atoms with Crippen LogP contribution < -0.4 is 0 Å². The minimum atomic E-state index is -1.33. The lowest BCUT2D eigenvalue weighted by Gasteiger charge is -2.06. The van der Waals surface area contributed by atoms with Gasteiger partial charge in [0.2, 0.25) is 0 Å². The van der Waals surface area contributed by atoms with Gasteiger partial charge in [-0.05, 0) is 18.2 Å². The highest BCUT2D eigenvalue weighted by molar-refractivity contribution is 6.38. The van der Waals surface area contributed by atoms with Crippen molar-refractivity contribution in [1.29, 1.82) is 0 Å². The van der Waals surface area contributed by atoms with E-state index in [9.17, 15) is 9.59 Å². The van der Waals surface area contributed by atoms with Gasteiger partial charge in [0.25, 0.3) is 0 Å². The first-order valence-corrected chi connectivity index (χ1v) is 5.42. The molecule has 1 heterocycles. The van der Waals surface area contributed by atoms with Crippen LogP contribution in [0.5, 0.6) is 0 Å². The molecule has 2 N–H and O–H groups in total. The predicted octanol–water partition coefficient (Wildman–Crippen LogP) is 2.94. The topological polar surface area (TPSA) is 87.5 Å². The van der Waals surface area contributed by atoms with E-state index in [0.717, 1.165) is 6.07 Å². The second kappa shape index (κ2) is 4.44. The maximum atomic E-state index is 11.1. The quantitative estimate of drug-likeness (QED) is 0.886. The Morgan fingerprint density at radius 3 is 2.28 bits per heavy atom. The summed E-state index contributed by atoms with van der Waals surface area (Å²) in [5, 5.41) is 18.5. The molecular weight excluding hydrogens is 281 g/mol. The van der Waals surface area contributed by atoms with Crippen LogP contribution in [0.15, 0.2) is 18.2 Å². The Labute approximate surface area is 111 Å². The number of carboxylic acids is 2. The minimum absolute atomic E-state index is 0.0957. The molecule has 0 aliphatic rings. The fourth-order valence-electron chi connectivity index (χ4n) is 1.54. The number of benzene rings is 1. The van der Waals surface area contributed by atoms with Gasteiger partial charge >= 0.3 is 11.9 Å². The Bertz CT molecular complexity index is 684. The molecule has 0 saturated heterocycles. The Morgan fingerprint density at radius 1 is 1.06 bits per heavy atom. The Morgan fingerprint density at radius 2 is 1.72 bits per heavy atom. The van der Waals surface area contributed by atoms with Gasteiger partial charge in [-0.15, -0.1) is 0 Å². The van der Waals surface area contributed by atoms with E-state index in [-0.39, 0.29) is 32.2 Å². The van der Waals surface area contributed by atoms with E-state index in [2.05, 4.69) is 4.98 Å². The van der Waals surface area contributed by atoms with Crippen LogP contribution in [0.25, 0.3) is 10.9 Å². The monoisotopic (exact) mass is 285 g/mol. The van der Waals surface area contributed by atoms with E-state index < -0.39 is 11.9 Å². The molecule has 0 aliphatic heterocycles. The molecule has 18 heavy (non-hydrogen) atoms. The van der Waals surface area contributed by atoms with Gasteiger partial charge < -0.3 is 10.2 Å². The lowest BCUT2D eigenvalue weighted by Crippen LogP contribution is -2.06. The number of halogens is 2. The Hall–Kier alpha value is -1.85. The van der Waals surface area contributed by atoms with Crippen molar-refractivity contribution in [2.24, 2.45) is 0 Å². The molecule has 0 bridgehead atoms. The summed E-state index contributed by atoms with van der Waals surface area (Å²) in [5.41, 5.74) is -0.496. The highest BCUT2D eigenvalue weighted by Crippen LogP contribution is 2.29. The van der Waals surface area contributed by atoms with Crippen LogP contribution in [0.1, 0.15) is 20.8 Å². The average molecular weight is 286 g/mol. The third-order valence-electron chi connectivity index (χ3n) is 2.28. The van der Waals surface area contributed by atoms with E-state index in [0.29, 0.717) is 0 Å². The van der Waals surface area contributed by atoms with Gasteiger partial charge in [0.1, 0.15) is 5.69 Å². The zero-order valence-electron chi connectivity index (χ0n) is 8.65. The normalized spacial score (nSPS) is 10.6. The maximum absolute atomic E-state index is 11.1. The first kappa shape index (κ1) is 12.6. The molecule has 92 valence electrons. The number of rotatable bonds is 2. The second-order valence-corrected chi connectivity index (χ2v) is 4.29. The number of hydrogen-bond donors (Lipinski definition) is 2. The number of nitrogens with zero attached hydrogens (tertiary/aromatic N) is 1. The van der Waals surface area contributed by atoms with Crippen LogP contribution in [-0.2, 0) is 0 Å². The molecule has 0 unspecified atom stereocenters. The number of aromatic nitrogens is 1. The zero-order valence-corrected chi connectivity index (χ0v) is 10.2. The van der Waals surface area contributed by atoms with Gasteiger partial charge in [0.05, 0.1) is 16.1 Å². The SMILES string of the molecule is O=C(O)c1cc(C(=O)O)c2cc(Cl)cc(Cl)c2n1. The van der Waals surface area contributed by atoms with Gasteiger partial charge in [0.15, 0.2) is 0 Å². The number of hydrogen-bond acceptors (Lipinski definition) is 3. The summed E-state index contributed by atoms with van der Waals surface area (Å²) in [6.45, 7) is 0. The molecule has 1 aromatic heterocycles. The number of fused-ring (bicyclic) bond motifs is 1. The summed E-state index contributed by atoms with van der Waals surface area (Å²) in [6.07, 6.45) is 0. The molecule has 0 saturated carbocycles. The summed E-state index contributed by atoms with van der Waals surface area (Å²) in [4.78, 5) is 25.8. The third kappa shape index (κ3) is 2.10. The molecule has 0 spiro atoms. The van der Waals surface area contributed by atoms with Gasteiger partial charge in [0, 0.05) is 10.4 Å². The third-order valence-corrected chi connectivity index (χ3v) is 2.79. The second-order valence-electron chi connectivity index (χ2n) is 3.45. The highest BCUT2D eigenvalue weighted by atomic mass is 35.5. The number of carbonyl (C=O) groups is 2. The van der Waals surface area contributed by atoms with Gasteiger partial charge in [-0.1, -0.05) is 23.2 Å². The van der Waals surface area contributed by atoms with E-state index in [1.165, 1.54) is 12.1 Å². The summed E-state index contributed by atoms with van der Waals surface area (Å²) in [5.74, 6) is -2.60. The molecule has 0 aliphatic carbocycles. The molecular formula is C11H5Cl2NO4. The molecule has 1 aromatic carbocycles. The predicted molar refractivity (Wildman–Crippen MR) is 65.7 cm³/mol. The summed E-state index contributed by atoms with van der Waals surface area (Å²) in [6, 6.07) is 3.72. The smallest absolute Gasteiger partial charge is 0.354 e. The van der Waals surface area contributed by atoms with Crippen molar-refractivity contribution in [2.45, 2.75) is 0 Å². The zero-order chi connectivity index (χ0) is 13.4. The maximum Gasteiger partial charge on any atom is 0.354 e. The van der Waals surface area contributed by atoms with Crippen molar-refractivity contribution in [3.63, 3.8) is 0 Å². The summed E-state index contributed by atoms with van der Waals surface area (Å²) in [7, 11) is 0. The van der Waals surface area contributed by atoms with Crippen LogP contribution in [0.3, 0.4) is 0 Å². The number of carboxylic acid groups (broad SMARTS) is 2. The lowest BCUT2D eigenvalue weighted by molar-refractivity contribution is 0.0691. The number of pyridine rings is 1. The molecule has 2 rings (SSSR count). The molecule has 0 fully saturated rings. The molecule has 2 aromatic rings. The van der Waals surface area contributed by atoms with Crippen molar-refractivity contribution >= 4 is 46.0 Å². The van der Waals surface area contributed by atoms with Gasteiger partial charge in [-0.25, -0.2) is 14.6 Å². The standard InChI is InChI=1S/C11H5Cl2NO4/c12-4-1-5-6(10(15)16)3-8(11(17)18)14-9(5)7(13)2-4/h1-3H,(H,15,16)(H,17,18). The molecule has 0 radical (unpaired) electrons. The summed E-state index contributed by atoms with van der Waals surface area (Å²) >= 11 is 11.7. The van der Waals surface area contributed by atoms with E-state index in [1.807, 2.05) is 0 Å².